The summed E-state index contributed by atoms with van der Waals surface area (Å²) >= 11 is 0. The quantitative estimate of drug-likeness (QED) is 0.531. The minimum atomic E-state index is -1.29. The van der Waals surface area contributed by atoms with Crippen LogP contribution in [0, 0.1) is 11.8 Å². The van der Waals surface area contributed by atoms with E-state index in [4.69, 9.17) is 10.8 Å². The maximum absolute atomic E-state index is 11.4. The summed E-state index contributed by atoms with van der Waals surface area (Å²) in [7, 11) is 0. The van der Waals surface area contributed by atoms with Gasteiger partial charge in [-0.15, -0.1) is 0 Å². The number of hydrogen-bond donors (Lipinski definition) is 3. The van der Waals surface area contributed by atoms with E-state index in [0.717, 1.165) is 12.8 Å². The van der Waals surface area contributed by atoms with Crippen LogP contribution >= 0.6 is 0 Å². The summed E-state index contributed by atoms with van der Waals surface area (Å²) in [5, 5.41) is 11.5. The van der Waals surface area contributed by atoms with Crippen LogP contribution in [0.4, 0.5) is 0 Å². The van der Waals surface area contributed by atoms with Crippen LogP contribution in [-0.2, 0) is 9.59 Å². The number of carbonyl (C=O) groups excluding carboxylic acids is 2. The SMILES string of the molecule is CC(C(=O)NCC(O)C(N)=O)C1CC1. The van der Waals surface area contributed by atoms with Crippen LogP contribution < -0.4 is 11.1 Å². The number of hydrogen-bond acceptors (Lipinski definition) is 3. The fraction of sp³-hybridized carbons (Fsp3) is 0.778. The van der Waals surface area contributed by atoms with Crippen molar-refractivity contribution in [3.8, 4) is 0 Å². The van der Waals surface area contributed by atoms with Crippen LogP contribution in [0.25, 0.3) is 0 Å². The van der Waals surface area contributed by atoms with E-state index >= 15 is 0 Å². The number of aliphatic hydroxyl groups is 1. The number of aliphatic hydroxyl groups excluding tert-OH is 1. The second-order valence-electron chi connectivity index (χ2n) is 3.79. The Morgan fingerprint density at radius 3 is 2.57 bits per heavy atom. The molecule has 0 spiro atoms. The first-order valence-electron chi connectivity index (χ1n) is 4.77. The van der Waals surface area contributed by atoms with Gasteiger partial charge in [-0.2, -0.15) is 0 Å². The van der Waals surface area contributed by atoms with Crippen molar-refractivity contribution in [2.75, 3.05) is 6.54 Å². The van der Waals surface area contributed by atoms with Gasteiger partial charge in [-0.1, -0.05) is 6.92 Å². The zero-order chi connectivity index (χ0) is 10.7. The molecule has 0 bridgehead atoms. The van der Waals surface area contributed by atoms with Crippen molar-refractivity contribution in [2.45, 2.75) is 25.9 Å². The molecule has 0 aromatic heterocycles. The molecule has 5 nitrogen and oxygen atoms in total. The van der Waals surface area contributed by atoms with Crippen LogP contribution in [0.3, 0.4) is 0 Å². The largest absolute Gasteiger partial charge is 0.381 e. The molecule has 0 aliphatic heterocycles. The number of carbonyl (C=O) groups is 2. The monoisotopic (exact) mass is 200 g/mol. The molecular weight excluding hydrogens is 184 g/mol. The molecule has 1 fully saturated rings. The fourth-order valence-corrected chi connectivity index (χ4v) is 1.27. The van der Waals surface area contributed by atoms with Crippen molar-refractivity contribution in [1.29, 1.82) is 0 Å². The third kappa shape index (κ3) is 2.99. The van der Waals surface area contributed by atoms with E-state index in [1.165, 1.54) is 0 Å². The molecule has 2 atom stereocenters. The Balaban J connectivity index is 2.23. The third-order valence-electron chi connectivity index (χ3n) is 2.54. The Morgan fingerprint density at radius 1 is 1.57 bits per heavy atom. The van der Waals surface area contributed by atoms with E-state index in [2.05, 4.69) is 5.32 Å². The van der Waals surface area contributed by atoms with Crippen LogP contribution in [-0.4, -0.2) is 29.6 Å². The Morgan fingerprint density at radius 2 is 2.14 bits per heavy atom. The topological polar surface area (TPSA) is 92.4 Å². The van der Waals surface area contributed by atoms with Crippen molar-refractivity contribution in [2.24, 2.45) is 17.6 Å². The van der Waals surface area contributed by atoms with E-state index in [1.54, 1.807) is 0 Å². The van der Waals surface area contributed by atoms with Gasteiger partial charge in [0.25, 0.3) is 0 Å². The van der Waals surface area contributed by atoms with E-state index in [1.807, 2.05) is 6.92 Å². The molecule has 1 rings (SSSR count). The number of rotatable bonds is 5. The average molecular weight is 200 g/mol. The molecule has 4 N–H and O–H groups in total. The van der Waals surface area contributed by atoms with Crippen molar-refractivity contribution in [3.63, 3.8) is 0 Å². The summed E-state index contributed by atoms with van der Waals surface area (Å²) in [6, 6.07) is 0. The van der Waals surface area contributed by atoms with E-state index < -0.39 is 12.0 Å². The van der Waals surface area contributed by atoms with E-state index in [0.29, 0.717) is 5.92 Å². The summed E-state index contributed by atoms with van der Waals surface area (Å²) in [4.78, 5) is 21.8. The third-order valence-corrected chi connectivity index (χ3v) is 2.54. The lowest BCUT2D eigenvalue weighted by atomic mass is 10.1. The molecule has 1 saturated carbocycles. The Labute approximate surface area is 82.7 Å². The molecule has 5 heteroatoms. The minimum Gasteiger partial charge on any atom is -0.381 e. The summed E-state index contributed by atoms with van der Waals surface area (Å²) in [6.07, 6.45) is 0.894. The predicted molar refractivity (Wildman–Crippen MR) is 50.1 cm³/mol. The standard InChI is InChI=1S/C9H16N2O3/c1-5(6-2-3-6)9(14)11-4-7(12)8(10)13/h5-7,12H,2-4H2,1H3,(H2,10,13)(H,11,14). The Kier molecular flexibility index (Phi) is 3.46. The molecule has 0 aromatic rings. The van der Waals surface area contributed by atoms with Gasteiger partial charge in [0.1, 0.15) is 6.10 Å². The van der Waals surface area contributed by atoms with Crippen molar-refractivity contribution in [1.82, 2.24) is 5.32 Å². The highest BCUT2D eigenvalue weighted by molar-refractivity contribution is 5.82. The normalized spacial score (nSPS) is 19.9. The van der Waals surface area contributed by atoms with Gasteiger partial charge in [0.15, 0.2) is 0 Å². The van der Waals surface area contributed by atoms with Gasteiger partial charge in [0, 0.05) is 5.92 Å². The zero-order valence-corrected chi connectivity index (χ0v) is 8.19. The van der Waals surface area contributed by atoms with Gasteiger partial charge < -0.3 is 16.2 Å². The summed E-state index contributed by atoms with van der Waals surface area (Å²) < 4.78 is 0. The number of nitrogens with two attached hydrogens (primary N) is 1. The molecule has 2 unspecified atom stereocenters. The minimum absolute atomic E-state index is 0.0323. The first-order valence-corrected chi connectivity index (χ1v) is 4.77. The average Bonchev–Trinajstić information content (AvgIpc) is 2.95. The van der Waals surface area contributed by atoms with Gasteiger partial charge in [-0.3, -0.25) is 9.59 Å². The molecule has 1 aliphatic carbocycles. The highest BCUT2D eigenvalue weighted by atomic mass is 16.3. The van der Waals surface area contributed by atoms with Crippen molar-refractivity contribution < 1.29 is 14.7 Å². The Bertz CT molecular complexity index is 238. The van der Waals surface area contributed by atoms with Gasteiger partial charge in [-0.25, -0.2) is 0 Å². The van der Waals surface area contributed by atoms with Crippen molar-refractivity contribution >= 4 is 11.8 Å². The zero-order valence-electron chi connectivity index (χ0n) is 8.19. The molecule has 0 saturated heterocycles. The highest BCUT2D eigenvalue weighted by Crippen LogP contribution is 2.36. The Hall–Kier alpha value is -1.10. The lowest BCUT2D eigenvalue weighted by Crippen LogP contribution is -2.41. The summed E-state index contributed by atoms with van der Waals surface area (Å²) in [6.45, 7) is 1.76. The molecule has 80 valence electrons. The fourth-order valence-electron chi connectivity index (χ4n) is 1.27. The number of nitrogens with one attached hydrogen (secondary N) is 1. The number of primary amides is 1. The maximum Gasteiger partial charge on any atom is 0.248 e. The molecule has 0 aromatic carbocycles. The maximum atomic E-state index is 11.4. The molecule has 1 aliphatic rings. The summed E-state index contributed by atoms with van der Waals surface area (Å²) in [5.74, 6) is -0.493. The van der Waals surface area contributed by atoms with Gasteiger partial charge in [0.2, 0.25) is 11.8 Å². The van der Waals surface area contributed by atoms with Crippen LogP contribution in [0.5, 0.6) is 0 Å². The van der Waals surface area contributed by atoms with Crippen molar-refractivity contribution in [3.05, 3.63) is 0 Å². The molecule has 14 heavy (non-hydrogen) atoms. The van der Waals surface area contributed by atoms with E-state index in [9.17, 15) is 9.59 Å². The van der Waals surface area contributed by atoms with Gasteiger partial charge in [-0.05, 0) is 18.8 Å². The van der Waals surface area contributed by atoms with Crippen LogP contribution in [0.15, 0.2) is 0 Å². The van der Waals surface area contributed by atoms with E-state index in [-0.39, 0.29) is 18.4 Å². The summed E-state index contributed by atoms with van der Waals surface area (Å²) in [5.41, 5.74) is 4.83. The molecule has 0 radical (unpaired) electrons. The predicted octanol–water partition coefficient (Wildman–Crippen LogP) is -1.01. The number of amides is 2. The second kappa shape index (κ2) is 4.41. The first-order chi connectivity index (χ1) is 6.52. The van der Waals surface area contributed by atoms with Crippen LogP contribution in [0.1, 0.15) is 19.8 Å². The highest BCUT2D eigenvalue weighted by Gasteiger charge is 2.32. The van der Waals surface area contributed by atoms with Gasteiger partial charge in [0.05, 0.1) is 6.54 Å². The second-order valence-corrected chi connectivity index (χ2v) is 3.79. The lowest BCUT2D eigenvalue weighted by molar-refractivity contribution is -0.128. The molecule has 2 amide bonds. The van der Waals surface area contributed by atoms with Gasteiger partial charge >= 0.3 is 0 Å². The smallest absolute Gasteiger partial charge is 0.248 e. The lowest BCUT2D eigenvalue weighted by Gasteiger charge is -2.12. The first kappa shape index (κ1) is 11.0. The van der Waals surface area contributed by atoms with Crippen LogP contribution in [0.2, 0.25) is 0 Å². The molecular formula is C9H16N2O3. The molecule has 0 heterocycles.